The molecular weight excluding hydrogens is 329 g/mol. The molecule has 0 aliphatic rings. The number of hydrogen-bond acceptors (Lipinski definition) is 3. The minimum absolute atomic E-state index is 0.0129. The summed E-state index contributed by atoms with van der Waals surface area (Å²) >= 11 is 0. The van der Waals surface area contributed by atoms with Crippen molar-refractivity contribution in [1.29, 1.82) is 0 Å². The SMILES string of the molecule is CNCC/C=N\CC(=O)Nc1ccc(S(F)(F)(F)(F)F)cc1. The number of anilines is 1. The third kappa shape index (κ3) is 6.39. The van der Waals surface area contributed by atoms with E-state index in [1.54, 1.807) is 7.05 Å². The van der Waals surface area contributed by atoms with Crippen LogP contribution in [0.2, 0.25) is 0 Å². The normalized spacial score (nSPS) is 15.4. The first-order chi connectivity index (χ1) is 9.92. The molecule has 1 rings (SSSR count). The Hall–Kier alpha value is -1.68. The Bertz CT molecular complexity index is 556. The molecular formula is C12H16F5N3OS. The van der Waals surface area contributed by atoms with Crippen molar-refractivity contribution in [2.75, 3.05) is 25.5 Å². The number of amides is 1. The van der Waals surface area contributed by atoms with Crippen molar-refractivity contribution in [2.24, 2.45) is 4.99 Å². The monoisotopic (exact) mass is 345 g/mol. The molecule has 0 bridgehead atoms. The number of carbonyl (C=O) groups is 1. The molecule has 22 heavy (non-hydrogen) atoms. The Kier molecular flexibility index (Phi) is 4.88. The molecule has 0 unspecified atom stereocenters. The Morgan fingerprint density at radius 2 is 1.77 bits per heavy atom. The molecule has 0 heterocycles. The number of nitrogens with zero attached hydrogens (tertiary/aromatic N) is 1. The lowest BCUT2D eigenvalue weighted by Crippen LogP contribution is -2.15. The first kappa shape index (κ1) is 18.4. The van der Waals surface area contributed by atoms with E-state index in [0.29, 0.717) is 13.0 Å². The average molecular weight is 345 g/mol. The lowest BCUT2D eigenvalue weighted by atomic mass is 10.3. The van der Waals surface area contributed by atoms with Crippen molar-refractivity contribution < 1.29 is 24.2 Å². The van der Waals surface area contributed by atoms with E-state index in [2.05, 4.69) is 15.6 Å². The molecule has 0 fully saturated rings. The van der Waals surface area contributed by atoms with E-state index in [1.807, 2.05) is 0 Å². The zero-order valence-corrected chi connectivity index (χ0v) is 12.5. The Morgan fingerprint density at radius 1 is 1.18 bits per heavy atom. The van der Waals surface area contributed by atoms with Crippen molar-refractivity contribution in [3.05, 3.63) is 24.3 Å². The van der Waals surface area contributed by atoms with Crippen LogP contribution in [0.4, 0.5) is 25.1 Å². The second-order valence-corrected chi connectivity index (χ2v) is 6.87. The minimum atomic E-state index is -9.68. The summed E-state index contributed by atoms with van der Waals surface area (Å²) in [5, 5.41) is 5.15. The zero-order valence-electron chi connectivity index (χ0n) is 11.7. The Balaban J connectivity index is 2.62. The zero-order chi connectivity index (χ0) is 16.9. The summed E-state index contributed by atoms with van der Waals surface area (Å²) in [5.74, 6) is -0.555. The highest BCUT2D eigenvalue weighted by molar-refractivity contribution is 8.45. The van der Waals surface area contributed by atoms with Gasteiger partial charge < -0.3 is 10.6 Å². The van der Waals surface area contributed by atoms with E-state index in [9.17, 15) is 24.2 Å². The van der Waals surface area contributed by atoms with Crippen LogP contribution in [0.25, 0.3) is 0 Å². The van der Waals surface area contributed by atoms with Gasteiger partial charge in [-0.3, -0.25) is 9.79 Å². The number of carbonyl (C=O) groups excluding carboxylic acids is 1. The van der Waals surface area contributed by atoms with Crippen LogP contribution in [-0.4, -0.2) is 32.3 Å². The Morgan fingerprint density at radius 3 is 2.27 bits per heavy atom. The van der Waals surface area contributed by atoms with Gasteiger partial charge in [-0.25, -0.2) is 0 Å². The van der Waals surface area contributed by atoms with Gasteiger partial charge in [0.15, 0.2) is 0 Å². The molecule has 0 atom stereocenters. The molecule has 0 saturated carbocycles. The molecule has 1 amide bonds. The first-order valence-corrected chi connectivity index (χ1v) is 8.14. The molecule has 0 spiro atoms. The van der Waals surface area contributed by atoms with Crippen LogP contribution in [0.5, 0.6) is 0 Å². The summed E-state index contributed by atoms with van der Waals surface area (Å²) in [6.07, 6.45) is 2.16. The summed E-state index contributed by atoms with van der Waals surface area (Å²) in [7, 11) is -7.92. The minimum Gasteiger partial charge on any atom is -0.324 e. The molecule has 0 aliphatic heterocycles. The third-order valence-electron chi connectivity index (χ3n) is 2.47. The fraction of sp³-hybridized carbons (Fsp3) is 0.333. The Labute approximate surface area is 124 Å². The quantitative estimate of drug-likeness (QED) is 0.446. The number of rotatable bonds is 7. The molecule has 4 nitrogen and oxygen atoms in total. The predicted octanol–water partition coefficient (Wildman–Crippen LogP) is 3.96. The molecule has 2 N–H and O–H groups in total. The highest BCUT2D eigenvalue weighted by Gasteiger charge is 2.65. The first-order valence-electron chi connectivity index (χ1n) is 6.19. The summed E-state index contributed by atoms with van der Waals surface area (Å²) in [5.41, 5.74) is -0.0129. The van der Waals surface area contributed by atoms with Crippen molar-refractivity contribution in [1.82, 2.24) is 5.32 Å². The summed E-state index contributed by atoms with van der Waals surface area (Å²) in [4.78, 5) is 13.3. The maximum atomic E-state index is 12.5. The largest absolute Gasteiger partial charge is 0.324 e. The van der Waals surface area contributed by atoms with Crippen molar-refractivity contribution in [2.45, 2.75) is 11.3 Å². The third-order valence-corrected chi connectivity index (χ3v) is 3.63. The molecule has 0 aliphatic carbocycles. The number of hydrogen-bond donors (Lipinski definition) is 2. The molecule has 1 aromatic rings. The van der Waals surface area contributed by atoms with E-state index in [4.69, 9.17) is 0 Å². The van der Waals surface area contributed by atoms with Crippen molar-refractivity contribution >= 4 is 28.0 Å². The van der Waals surface area contributed by atoms with Gasteiger partial charge in [0, 0.05) is 11.9 Å². The van der Waals surface area contributed by atoms with Crippen LogP contribution in [0.1, 0.15) is 6.42 Å². The highest BCUT2D eigenvalue weighted by Crippen LogP contribution is 3.02. The van der Waals surface area contributed by atoms with Crippen molar-refractivity contribution in [3.63, 3.8) is 0 Å². The van der Waals surface area contributed by atoms with Crippen LogP contribution in [0.15, 0.2) is 34.2 Å². The van der Waals surface area contributed by atoms with Crippen LogP contribution in [-0.2, 0) is 4.79 Å². The van der Waals surface area contributed by atoms with Gasteiger partial charge in [0.1, 0.15) is 11.4 Å². The second-order valence-electron chi connectivity index (χ2n) is 4.46. The van der Waals surface area contributed by atoms with Crippen LogP contribution in [0.3, 0.4) is 0 Å². The van der Waals surface area contributed by atoms with Gasteiger partial charge in [-0.05, 0) is 44.3 Å². The van der Waals surface area contributed by atoms with Gasteiger partial charge in [0.05, 0.1) is 0 Å². The van der Waals surface area contributed by atoms with E-state index in [-0.39, 0.29) is 24.4 Å². The maximum Gasteiger partial charge on any atom is 0.310 e. The molecule has 1 aromatic carbocycles. The standard InChI is InChI=1S/C12H16F5N3OS/c1-18-7-2-8-19-9-12(21)20-10-3-5-11(6-4-10)22(13,14,15,16)17/h3-6,8,18H,2,7,9H2,1H3,(H,20,21)/b19-8-. The van der Waals surface area contributed by atoms with Gasteiger partial charge in [0.2, 0.25) is 5.91 Å². The predicted molar refractivity (Wildman–Crippen MR) is 78.4 cm³/mol. The lowest BCUT2D eigenvalue weighted by molar-refractivity contribution is -0.114. The van der Waals surface area contributed by atoms with E-state index in [1.165, 1.54) is 6.21 Å². The number of benzene rings is 1. The smallest absolute Gasteiger partial charge is 0.310 e. The number of aliphatic imine (C=N–C) groups is 1. The lowest BCUT2D eigenvalue weighted by Gasteiger charge is -2.40. The van der Waals surface area contributed by atoms with E-state index in [0.717, 1.165) is 12.1 Å². The topological polar surface area (TPSA) is 53.5 Å². The molecule has 10 heteroatoms. The summed E-state index contributed by atoms with van der Waals surface area (Å²) in [6.45, 7) is 0.494. The molecule has 0 aromatic heterocycles. The number of halogens is 5. The fourth-order valence-electron chi connectivity index (χ4n) is 1.44. The van der Waals surface area contributed by atoms with Crippen LogP contribution < -0.4 is 10.6 Å². The van der Waals surface area contributed by atoms with Gasteiger partial charge in [-0.1, -0.05) is 19.4 Å². The summed E-state index contributed by atoms with van der Waals surface area (Å²) in [6, 6.07) is 2.03. The van der Waals surface area contributed by atoms with Crippen molar-refractivity contribution in [3.8, 4) is 0 Å². The van der Waals surface area contributed by atoms with Gasteiger partial charge in [-0.2, -0.15) is 0 Å². The van der Waals surface area contributed by atoms with Gasteiger partial charge in [-0.15, -0.1) is 0 Å². The van der Waals surface area contributed by atoms with E-state index >= 15 is 0 Å². The molecule has 0 saturated heterocycles. The molecule has 126 valence electrons. The van der Waals surface area contributed by atoms with Crippen LogP contribution >= 0.6 is 10.2 Å². The number of nitrogens with one attached hydrogen (secondary N) is 2. The van der Waals surface area contributed by atoms with E-state index < -0.39 is 21.0 Å². The highest BCUT2D eigenvalue weighted by atomic mass is 32.5. The summed E-state index contributed by atoms with van der Waals surface area (Å²) < 4.78 is 62.5. The fourth-order valence-corrected chi connectivity index (χ4v) is 2.09. The molecule has 0 radical (unpaired) electrons. The van der Waals surface area contributed by atoms with Crippen LogP contribution in [0, 0.1) is 0 Å². The average Bonchev–Trinajstić information content (AvgIpc) is 2.36. The van der Waals surface area contributed by atoms with Gasteiger partial charge in [0.25, 0.3) is 0 Å². The van der Waals surface area contributed by atoms with Gasteiger partial charge >= 0.3 is 10.2 Å². The second kappa shape index (κ2) is 5.84. The maximum absolute atomic E-state index is 12.5.